The first kappa shape index (κ1) is 46.5. The molecule has 0 aromatic heterocycles. The van der Waals surface area contributed by atoms with Gasteiger partial charge in [-0.05, 0) is 190 Å². The van der Waals surface area contributed by atoms with Crippen LogP contribution < -0.4 is 10.6 Å². The Balaban J connectivity index is 0.839. The Morgan fingerprint density at radius 3 is 1.61 bits per heavy atom. The first-order chi connectivity index (χ1) is 31.6. The maximum Gasteiger partial charge on any atom is 0.411 e. The van der Waals surface area contributed by atoms with Crippen LogP contribution in [0.3, 0.4) is 0 Å². The summed E-state index contributed by atoms with van der Waals surface area (Å²) in [6.07, 6.45) is 23.3. The zero-order valence-electron chi connectivity index (χ0n) is 40.6. The van der Waals surface area contributed by atoms with E-state index in [4.69, 9.17) is 9.47 Å². The van der Waals surface area contributed by atoms with Crippen molar-refractivity contribution >= 4 is 35.4 Å². The standard InChI is InChI=1S/C56H76N4O6/c1-55(2,3)65-53(63)59-47-13-9-7-11-41(47)33-49(59)51(61)57-43-27-23-39(24-28-43)45-31-35-15-19-37(45)21-17-36-16-20-38(22-18-35)46(32-36)40-25-29-44(30-26-40)58-52(62)50-34-42-12-8-10-14-48(42)60(50)54(64)66-56(4,5)6/h19,23-30,32,35,38,41-42,45-50H,7-18,20-22,31,33-34H2,1-6H3,(H,57,61)(H,58,62)/t35-,38?,41-,42-,45?,46+,47-,48-,49-,50-/m0/s1. The first-order valence-corrected chi connectivity index (χ1v) is 25.8. The van der Waals surface area contributed by atoms with Gasteiger partial charge in [0.2, 0.25) is 11.8 Å². The van der Waals surface area contributed by atoms with Gasteiger partial charge in [-0.15, -0.1) is 0 Å². The van der Waals surface area contributed by atoms with Crippen molar-refractivity contribution in [1.29, 1.82) is 0 Å². The van der Waals surface area contributed by atoms with Crippen molar-refractivity contribution in [2.24, 2.45) is 23.7 Å². The summed E-state index contributed by atoms with van der Waals surface area (Å²) >= 11 is 0. The number of fused-ring (bicyclic) bond motifs is 2. The summed E-state index contributed by atoms with van der Waals surface area (Å²) in [5, 5.41) is 6.39. The van der Waals surface area contributed by atoms with Gasteiger partial charge in [-0.3, -0.25) is 19.4 Å². The van der Waals surface area contributed by atoms with Gasteiger partial charge in [-0.1, -0.05) is 73.2 Å². The predicted molar refractivity (Wildman–Crippen MR) is 260 cm³/mol. The molecular formula is C56H76N4O6. The first-order valence-electron chi connectivity index (χ1n) is 25.8. The van der Waals surface area contributed by atoms with E-state index in [2.05, 4.69) is 71.3 Å². The molecule has 66 heavy (non-hydrogen) atoms. The second-order valence-corrected chi connectivity index (χ2v) is 23.1. The number of carbonyl (C=O) groups is 4. The Morgan fingerprint density at radius 1 is 0.561 bits per heavy atom. The highest BCUT2D eigenvalue weighted by Crippen LogP contribution is 2.48. The third-order valence-electron chi connectivity index (χ3n) is 16.3. The number of hydrogen-bond donors (Lipinski definition) is 2. The maximum atomic E-state index is 13.9. The van der Waals surface area contributed by atoms with Crippen molar-refractivity contribution in [2.45, 2.75) is 204 Å². The van der Waals surface area contributed by atoms with Gasteiger partial charge in [-0.2, -0.15) is 0 Å². The number of carbonyl (C=O) groups excluding carboxylic acids is 4. The van der Waals surface area contributed by atoms with E-state index in [1.807, 2.05) is 41.5 Å². The molecule has 10 atom stereocenters. The molecule has 12 rings (SSSR count). The number of ether oxygens (including phenoxy) is 2. The van der Waals surface area contributed by atoms with Crippen molar-refractivity contribution in [3.8, 4) is 0 Å². The minimum Gasteiger partial charge on any atom is -0.444 e. The van der Waals surface area contributed by atoms with Gasteiger partial charge in [-0.25, -0.2) is 9.59 Å². The monoisotopic (exact) mass is 901 g/mol. The van der Waals surface area contributed by atoms with Crippen molar-refractivity contribution < 1.29 is 28.7 Å². The van der Waals surface area contributed by atoms with Crippen LogP contribution in [0, 0.1) is 23.7 Å². The Hall–Kier alpha value is -4.60. The maximum absolute atomic E-state index is 13.9. The molecule has 2 unspecified atom stereocenters. The third kappa shape index (κ3) is 10.4. The fraction of sp³-hybridized carbons (Fsp3) is 0.643. The van der Waals surface area contributed by atoms with E-state index in [0.717, 1.165) is 94.8 Å². The van der Waals surface area contributed by atoms with Crippen LogP contribution in [0.2, 0.25) is 0 Å². The topological polar surface area (TPSA) is 117 Å². The number of anilines is 2. The van der Waals surface area contributed by atoms with E-state index < -0.39 is 23.3 Å². The Morgan fingerprint density at radius 2 is 1.08 bits per heavy atom. The van der Waals surface area contributed by atoms with Crippen LogP contribution in [-0.2, 0) is 19.1 Å². The highest BCUT2D eigenvalue weighted by atomic mass is 16.6. The van der Waals surface area contributed by atoms with Gasteiger partial charge < -0.3 is 20.1 Å². The van der Waals surface area contributed by atoms with Crippen molar-refractivity contribution in [1.82, 2.24) is 9.80 Å². The van der Waals surface area contributed by atoms with Gasteiger partial charge in [0.1, 0.15) is 23.3 Å². The summed E-state index contributed by atoms with van der Waals surface area (Å²) in [6.45, 7) is 11.3. The second-order valence-electron chi connectivity index (χ2n) is 23.1. The average molecular weight is 901 g/mol. The van der Waals surface area contributed by atoms with Gasteiger partial charge in [0.05, 0.1) is 0 Å². The minimum atomic E-state index is -0.621. The highest BCUT2D eigenvalue weighted by molar-refractivity contribution is 5.98. The molecule has 2 saturated heterocycles. The number of amides is 4. The Kier molecular flexibility index (Phi) is 13.5. The molecule has 4 bridgehead atoms. The van der Waals surface area contributed by atoms with Crippen LogP contribution >= 0.6 is 0 Å². The van der Waals surface area contributed by atoms with E-state index in [-0.39, 0.29) is 36.1 Å². The fourth-order valence-electron chi connectivity index (χ4n) is 13.2. The number of likely N-dealkylation sites (tertiary alicyclic amines) is 2. The summed E-state index contributed by atoms with van der Waals surface area (Å²) in [6, 6.07) is 16.2. The number of benzene rings is 2. The molecule has 8 aliphatic carbocycles. The van der Waals surface area contributed by atoms with E-state index in [9.17, 15) is 19.2 Å². The van der Waals surface area contributed by atoms with Crippen molar-refractivity contribution in [2.75, 3.05) is 10.6 Å². The van der Waals surface area contributed by atoms with E-state index in [1.165, 1.54) is 36.0 Å². The van der Waals surface area contributed by atoms with Gasteiger partial charge >= 0.3 is 12.2 Å². The van der Waals surface area contributed by atoms with Gasteiger partial charge in [0.25, 0.3) is 0 Å². The van der Waals surface area contributed by atoms with Crippen LogP contribution in [0.25, 0.3) is 0 Å². The largest absolute Gasteiger partial charge is 0.444 e. The quantitative estimate of drug-likeness (QED) is 0.279. The van der Waals surface area contributed by atoms with Crippen LogP contribution in [-0.4, -0.2) is 69.2 Å². The molecule has 2 aromatic rings. The van der Waals surface area contributed by atoms with Crippen molar-refractivity contribution in [3.05, 3.63) is 83.0 Å². The lowest BCUT2D eigenvalue weighted by Gasteiger charge is -2.36. The summed E-state index contributed by atoms with van der Waals surface area (Å²) in [4.78, 5) is 58.3. The summed E-state index contributed by atoms with van der Waals surface area (Å²) in [5.74, 6) is 2.35. The SMILES string of the molecule is CC(C)(C)OC(=O)N1[C@H](C(=O)Nc2ccc(C3C[C@H]4CC=C3CCC3=C[C@@H](c5ccc(NC(=O)[C@@H]6C[C@@H]7CCCC[C@@H]7N6C(=O)OC(C)(C)C)cc5)C(CC3)CC4)cc2)C[C@@H]2CCCC[C@@H]21. The van der Waals surface area contributed by atoms with Crippen LogP contribution in [0.15, 0.2) is 71.8 Å². The van der Waals surface area contributed by atoms with Crippen LogP contribution in [0.4, 0.5) is 21.0 Å². The molecule has 2 aromatic carbocycles. The minimum absolute atomic E-state index is 0.0640. The molecule has 10 nitrogen and oxygen atoms in total. The van der Waals surface area contributed by atoms with Crippen LogP contribution in [0.1, 0.15) is 180 Å². The fourth-order valence-corrected chi connectivity index (χ4v) is 13.2. The second kappa shape index (κ2) is 19.2. The zero-order chi connectivity index (χ0) is 46.3. The summed E-state index contributed by atoms with van der Waals surface area (Å²) in [5.41, 5.74) is 6.02. The van der Waals surface area contributed by atoms with E-state index in [0.29, 0.717) is 48.3 Å². The normalized spacial score (nSPS) is 31.1. The molecule has 2 N–H and O–H groups in total. The average Bonchev–Trinajstić information content (AvgIpc) is 3.87. The number of allylic oxidation sites excluding steroid dienone is 4. The molecule has 4 amide bonds. The smallest absolute Gasteiger partial charge is 0.411 e. The zero-order valence-corrected chi connectivity index (χ0v) is 40.6. The summed E-state index contributed by atoms with van der Waals surface area (Å²) in [7, 11) is 0. The predicted octanol–water partition coefficient (Wildman–Crippen LogP) is 12.8. The van der Waals surface area contributed by atoms with Crippen molar-refractivity contribution in [3.63, 3.8) is 0 Å². The van der Waals surface area contributed by atoms with Gasteiger partial charge in [0, 0.05) is 35.3 Å². The molecule has 356 valence electrons. The lowest BCUT2D eigenvalue weighted by molar-refractivity contribution is -0.121. The Labute approximate surface area is 394 Å². The number of hydrogen-bond acceptors (Lipinski definition) is 6. The summed E-state index contributed by atoms with van der Waals surface area (Å²) < 4.78 is 11.7. The highest BCUT2D eigenvalue weighted by Gasteiger charge is 2.50. The molecule has 0 radical (unpaired) electrons. The molecule has 10 aliphatic rings. The molecule has 2 aliphatic heterocycles. The third-order valence-corrected chi connectivity index (χ3v) is 16.3. The molecule has 0 spiro atoms. The lowest BCUT2D eigenvalue weighted by Crippen LogP contribution is -2.49. The van der Waals surface area contributed by atoms with Gasteiger partial charge in [0.15, 0.2) is 0 Å². The van der Waals surface area contributed by atoms with Crippen LogP contribution in [0.5, 0.6) is 0 Å². The number of nitrogens with zero attached hydrogens (tertiary/aromatic N) is 2. The van der Waals surface area contributed by atoms with E-state index >= 15 is 0 Å². The molecule has 3 saturated carbocycles. The van der Waals surface area contributed by atoms with E-state index in [1.54, 1.807) is 15.4 Å². The molecule has 2 heterocycles. The lowest BCUT2D eigenvalue weighted by atomic mass is 9.69. The molecular weight excluding hydrogens is 825 g/mol. The number of rotatable bonds is 6. The number of nitrogens with one attached hydrogen (secondary N) is 2. The molecule has 10 heteroatoms. The Bertz CT molecular complexity index is 2170. The molecule has 5 fully saturated rings.